The summed E-state index contributed by atoms with van der Waals surface area (Å²) >= 11 is 0. The fourth-order valence-corrected chi connectivity index (χ4v) is 2.08. The number of aromatic nitrogens is 2. The van der Waals surface area contributed by atoms with Crippen LogP contribution >= 0.6 is 0 Å². The highest BCUT2D eigenvalue weighted by molar-refractivity contribution is 5.70. The van der Waals surface area contributed by atoms with Crippen molar-refractivity contribution >= 4 is 0 Å². The third-order valence-electron chi connectivity index (χ3n) is 3.19. The first kappa shape index (κ1) is 14.9. The van der Waals surface area contributed by atoms with Crippen LogP contribution in [0.25, 0.3) is 11.1 Å². The van der Waals surface area contributed by atoms with Gasteiger partial charge in [0.05, 0.1) is 21.3 Å². The number of nitrogens with zero attached hydrogens (tertiary/aromatic N) is 2. The van der Waals surface area contributed by atoms with E-state index in [9.17, 15) is 4.79 Å². The first-order valence-corrected chi connectivity index (χ1v) is 6.51. The molecule has 112 valence electrons. The Morgan fingerprint density at radius 3 is 2.14 bits per heavy atom. The average molecular weight is 290 g/mol. The molecule has 0 N–H and O–H groups in total. The molecule has 0 fully saturated rings. The second-order valence-electron chi connectivity index (χ2n) is 4.33. The lowest BCUT2D eigenvalue weighted by Crippen LogP contribution is -2.21. The number of ether oxygens (including phenoxy) is 3. The Hall–Kier alpha value is -2.50. The topological polar surface area (TPSA) is 62.6 Å². The Morgan fingerprint density at radius 1 is 1.05 bits per heavy atom. The second kappa shape index (κ2) is 6.30. The van der Waals surface area contributed by atoms with Crippen LogP contribution in [0.15, 0.2) is 29.3 Å². The number of hydrogen-bond acceptors (Lipinski definition) is 5. The first-order chi connectivity index (χ1) is 10.1. The van der Waals surface area contributed by atoms with Crippen LogP contribution in [-0.2, 0) is 6.54 Å². The first-order valence-electron chi connectivity index (χ1n) is 6.51. The molecule has 0 saturated carbocycles. The molecule has 0 spiro atoms. The van der Waals surface area contributed by atoms with Crippen molar-refractivity contribution in [2.45, 2.75) is 13.5 Å². The molecule has 0 atom stereocenters. The Morgan fingerprint density at radius 2 is 1.67 bits per heavy atom. The highest BCUT2D eigenvalue weighted by Crippen LogP contribution is 2.40. The smallest absolute Gasteiger partial charge is 0.347 e. The van der Waals surface area contributed by atoms with Gasteiger partial charge in [-0.05, 0) is 24.6 Å². The number of rotatable bonds is 5. The van der Waals surface area contributed by atoms with Gasteiger partial charge in [0, 0.05) is 24.5 Å². The third kappa shape index (κ3) is 2.84. The molecule has 6 nitrogen and oxygen atoms in total. The zero-order valence-corrected chi connectivity index (χ0v) is 12.5. The molecule has 1 aromatic carbocycles. The second-order valence-corrected chi connectivity index (χ2v) is 4.33. The Kier molecular flexibility index (Phi) is 4.47. The van der Waals surface area contributed by atoms with Crippen molar-refractivity contribution in [2.75, 3.05) is 21.3 Å². The van der Waals surface area contributed by atoms with E-state index in [2.05, 4.69) is 4.98 Å². The number of aryl methyl sites for hydroxylation is 1. The molecular weight excluding hydrogens is 272 g/mol. The van der Waals surface area contributed by atoms with E-state index in [0.717, 1.165) is 11.1 Å². The Bertz CT molecular complexity index is 669. The molecule has 0 bridgehead atoms. The molecule has 0 radical (unpaired) electrons. The van der Waals surface area contributed by atoms with Crippen LogP contribution in [0.4, 0.5) is 0 Å². The predicted octanol–water partition coefficient (Wildman–Crippen LogP) is 1.96. The molecule has 1 aromatic heterocycles. The summed E-state index contributed by atoms with van der Waals surface area (Å²) in [5, 5.41) is 0. The maximum absolute atomic E-state index is 11.6. The van der Waals surface area contributed by atoms with Gasteiger partial charge in [-0.15, -0.1) is 0 Å². The maximum atomic E-state index is 11.6. The summed E-state index contributed by atoms with van der Waals surface area (Å²) in [6.45, 7) is 2.45. The molecular formula is C15H18N2O4. The largest absolute Gasteiger partial charge is 0.493 e. The van der Waals surface area contributed by atoms with Crippen molar-refractivity contribution in [3.05, 3.63) is 35.0 Å². The fraction of sp³-hybridized carbons (Fsp3) is 0.333. The number of benzene rings is 1. The summed E-state index contributed by atoms with van der Waals surface area (Å²) in [4.78, 5) is 15.4. The van der Waals surface area contributed by atoms with Gasteiger partial charge in [-0.3, -0.25) is 4.57 Å². The molecule has 1 heterocycles. The predicted molar refractivity (Wildman–Crippen MR) is 79.3 cm³/mol. The van der Waals surface area contributed by atoms with E-state index in [0.29, 0.717) is 23.8 Å². The van der Waals surface area contributed by atoms with Gasteiger partial charge in [0.2, 0.25) is 5.75 Å². The van der Waals surface area contributed by atoms with Gasteiger partial charge >= 0.3 is 5.69 Å². The third-order valence-corrected chi connectivity index (χ3v) is 3.19. The summed E-state index contributed by atoms with van der Waals surface area (Å²) < 4.78 is 17.5. The quantitative estimate of drug-likeness (QED) is 0.842. The van der Waals surface area contributed by atoms with Gasteiger partial charge in [-0.25, -0.2) is 9.78 Å². The highest BCUT2D eigenvalue weighted by Gasteiger charge is 2.14. The van der Waals surface area contributed by atoms with Gasteiger partial charge in [0.15, 0.2) is 11.5 Å². The molecule has 0 aliphatic carbocycles. The molecule has 0 aliphatic rings. The lowest BCUT2D eigenvalue weighted by molar-refractivity contribution is 0.324. The maximum Gasteiger partial charge on any atom is 0.347 e. The monoisotopic (exact) mass is 290 g/mol. The molecule has 21 heavy (non-hydrogen) atoms. The summed E-state index contributed by atoms with van der Waals surface area (Å²) in [7, 11) is 4.68. The number of methoxy groups -OCH3 is 3. The minimum absolute atomic E-state index is 0.270. The van der Waals surface area contributed by atoms with Crippen molar-refractivity contribution in [3.8, 4) is 28.4 Å². The zero-order chi connectivity index (χ0) is 15.4. The van der Waals surface area contributed by atoms with E-state index in [4.69, 9.17) is 14.2 Å². The normalized spacial score (nSPS) is 10.3. The van der Waals surface area contributed by atoms with Crippen LogP contribution < -0.4 is 19.9 Å². The summed E-state index contributed by atoms with van der Waals surface area (Å²) in [5.74, 6) is 1.64. The van der Waals surface area contributed by atoms with Crippen molar-refractivity contribution < 1.29 is 14.2 Å². The highest BCUT2D eigenvalue weighted by atomic mass is 16.5. The average Bonchev–Trinajstić information content (AvgIpc) is 2.53. The van der Waals surface area contributed by atoms with Crippen LogP contribution in [0.5, 0.6) is 17.2 Å². The SMILES string of the molecule is CCn1cc(-c2cc(OC)c(OC)c(OC)c2)cnc1=O. The molecule has 2 aromatic rings. The molecule has 6 heteroatoms. The van der Waals surface area contributed by atoms with Gasteiger partial charge < -0.3 is 14.2 Å². The Balaban J connectivity index is 2.61. The van der Waals surface area contributed by atoms with Gasteiger partial charge in [0.25, 0.3) is 0 Å². The van der Waals surface area contributed by atoms with Crippen LogP contribution in [-0.4, -0.2) is 30.9 Å². The standard InChI is InChI=1S/C15H18N2O4/c1-5-17-9-11(8-16-15(17)18)10-6-12(19-2)14(21-4)13(7-10)20-3/h6-9H,5H2,1-4H3. The Labute approximate surface area is 122 Å². The lowest BCUT2D eigenvalue weighted by atomic mass is 10.1. The van der Waals surface area contributed by atoms with Crippen molar-refractivity contribution in [1.82, 2.24) is 9.55 Å². The minimum atomic E-state index is -0.270. The van der Waals surface area contributed by atoms with E-state index in [1.807, 2.05) is 19.1 Å². The van der Waals surface area contributed by atoms with Crippen LogP contribution in [0, 0.1) is 0 Å². The molecule has 0 saturated heterocycles. The molecule has 0 amide bonds. The van der Waals surface area contributed by atoms with E-state index in [1.54, 1.807) is 32.1 Å². The lowest BCUT2D eigenvalue weighted by Gasteiger charge is -2.14. The van der Waals surface area contributed by atoms with Crippen LogP contribution in [0.1, 0.15) is 6.92 Å². The van der Waals surface area contributed by atoms with Crippen molar-refractivity contribution in [2.24, 2.45) is 0 Å². The van der Waals surface area contributed by atoms with Gasteiger partial charge in [-0.1, -0.05) is 0 Å². The van der Waals surface area contributed by atoms with E-state index in [-0.39, 0.29) is 5.69 Å². The van der Waals surface area contributed by atoms with E-state index >= 15 is 0 Å². The summed E-state index contributed by atoms with van der Waals surface area (Å²) in [6.07, 6.45) is 3.30. The fourth-order valence-electron chi connectivity index (χ4n) is 2.08. The summed E-state index contributed by atoms with van der Waals surface area (Å²) in [5.41, 5.74) is 1.36. The van der Waals surface area contributed by atoms with Gasteiger partial charge in [-0.2, -0.15) is 0 Å². The number of hydrogen-bond donors (Lipinski definition) is 0. The van der Waals surface area contributed by atoms with Crippen molar-refractivity contribution in [1.29, 1.82) is 0 Å². The molecule has 0 aliphatic heterocycles. The van der Waals surface area contributed by atoms with E-state index in [1.165, 1.54) is 6.20 Å². The van der Waals surface area contributed by atoms with E-state index < -0.39 is 0 Å². The molecule has 0 unspecified atom stereocenters. The van der Waals surface area contributed by atoms with Crippen molar-refractivity contribution in [3.63, 3.8) is 0 Å². The summed E-state index contributed by atoms with van der Waals surface area (Å²) in [6, 6.07) is 3.64. The van der Waals surface area contributed by atoms with Crippen LogP contribution in [0.3, 0.4) is 0 Å². The van der Waals surface area contributed by atoms with Gasteiger partial charge in [0.1, 0.15) is 0 Å². The van der Waals surface area contributed by atoms with Crippen LogP contribution in [0.2, 0.25) is 0 Å². The zero-order valence-electron chi connectivity index (χ0n) is 12.5. The molecule has 2 rings (SSSR count). The minimum Gasteiger partial charge on any atom is -0.493 e.